The summed E-state index contributed by atoms with van der Waals surface area (Å²) in [5.41, 5.74) is 9.78. The van der Waals surface area contributed by atoms with Gasteiger partial charge in [-0.15, -0.1) is 0 Å². The first kappa shape index (κ1) is 26.3. The van der Waals surface area contributed by atoms with Crippen molar-refractivity contribution in [3.63, 3.8) is 0 Å². The largest absolute Gasteiger partial charge is 0.456 e. The number of rotatable bonds is 5. The van der Waals surface area contributed by atoms with E-state index in [2.05, 4.69) is 175 Å². The van der Waals surface area contributed by atoms with Gasteiger partial charge in [-0.2, -0.15) is 0 Å². The molecule has 0 atom stereocenters. The van der Waals surface area contributed by atoms with Crippen LogP contribution in [0.1, 0.15) is 0 Å². The van der Waals surface area contributed by atoms with Gasteiger partial charge in [-0.25, -0.2) is 0 Å². The summed E-state index contributed by atoms with van der Waals surface area (Å²) in [6.45, 7) is 0. The Labute approximate surface area is 267 Å². The molecule has 0 amide bonds. The van der Waals surface area contributed by atoms with Crippen LogP contribution in [0.3, 0.4) is 0 Å². The first-order valence-corrected chi connectivity index (χ1v) is 15.7. The molecule has 2 heteroatoms. The number of furan rings is 1. The van der Waals surface area contributed by atoms with Gasteiger partial charge in [0.05, 0.1) is 5.69 Å². The number of hydrogen-bond acceptors (Lipinski definition) is 2. The zero-order valence-electron chi connectivity index (χ0n) is 25.1. The Bertz CT molecular complexity index is 2460. The average Bonchev–Trinajstić information content (AvgIpc) is 3.50. The van der Waals surface area contributed by atoms with E-state index >= 15 is 0 Å². The van der Waals surface area contributed by atoms with Crippen LogP contribution in [0.2, 0.25) is 0 Å². The normalized spacial score (nSPS) is 11.5. The second kappa shape index (κ2) is 10.8. The van der Waals surface area contributed by atoms with E-state index in [9.17, 15) is 0 Å². The number of benzene rings is 8. The highest BCUT2D eigenvalue weighted by Gasteiger charge is 2.21. The zero-order valence-corrected chi connectivity index (χ0v) is 25.1. The Morgan fingerprint density at radius 2 is 0.913 bits per heavy atom. The van der Waals surface area contributed by atoms with Gasteiger partial charge in [0.15, 0.2) is 0 Å². The molecular weight excluding hydrogens is 558 g/mol. The molecule has 0 aliphatic heterocycles. The van der Waals surface area contributed by atoms with Crippen LogP contribution < -0.4 is 4.90 Å². The molecule has 216 valence electrons. The van der Waals surface area contributed by atoms with Crippen LogP contribution in [0.4, 0.5) is 17.1 Å². The molecule has 1 heterocycles. The van der Waals surface area contributed by atoms with E-state index in [1.165, 1.54) is 38.4 Å². The molecule has 0 fully saturated rings. The standard InChI is InChI=1S/C44H29NO/c1-4-14-30(15-5-1)33-24-34(31-16-6-2-7-17-31)26-36(25-33)45(35-19-8-3-9-20-35)42-27-32-18-10-11-21-37(32)39-28-41-38-22-12-13-23-43(38)46-44(41)29-40(39)42/h1-29H. The summed E-state index contributed by atoms with van der Waals surface area (Å²) in [5, 5.41) is 7.03. The van der Waals surface area contributed by atoms with Gasteiger partial charge in [-0.1, -0.05) is 121 Å². The van der Waals surface area contributed by atoms with E-state index in [-0.39, 0.29) is 0 Å². The Morgan fingerprint density at radius 3 is 1.61 bits per heavy atom. The lowest BCUT2D eigenvalue weighted by molar-refractivity contribution is 0.669. The van der Waals surface area contributed by atoms with Crippen molar-refractivity contribution < 1.29 is 4.42 Å². The maximum absolute atomic E-state index is 6.45. The molecule has 1 aromatic heterocycles. The van der Waals surface area contributed by atoms with E-state index in [1.54, 1.807) is 0 Å². The van der Waals surface area contributed by atoms with Crippen molar-refractivity contribution in [1.82, 2.24) is 0 Å². The summed E-state index contributed by atoms with van der Waals surface area (Å²) in [7, 11) is 0. The fourth-order valence-corrected chi connectivity index (χ4v) is 6.82. The fourth-order valence-electron chi connectivity index (χ4n) is 6.82. The highest BCUT2D eigenvalue weighted by atomic mass is 16.3. The first-order chi connectivity index (χ1) is 22.8. The Morgan fingerprint density at radius 1 is 0.326 bits per heavy atom. The smallest absolute Gasteiger partial charge is 0.136 e. The van der Waals surface area contributed by atoms with Crippen LogP contribution in [0.5, 0.6) is 0 Å². The van der Waals surface area contributed by atoms with Crippen molar-refractivity contribution in [2.45, 2.75) is 0 Å². The summed E-state index contributed by atoms with van der Waals surface area (Å²) >= 11 is 0. The van der Waals surface area contributed by atoms with Crippen LogP contribution in [-0.2, 0) is 0 Å². The fraction of sp³-hybridized carbons (Fsp3) is 0. The second-order valence-corrected chi connectivity index (χ2v) is 11.8. The molecule has 0 aliphatic carbocycles. The lowest BCUT2D eigenvalue weighted by Crippen LogP contribution is -2.11. The summed E-state index contributed by atoms with van der Waals surface area (Å²) in [6, 6.07) is 62.8. The van der Waals surface area contributed by atoms with Gasteiger partial charge in [0.2, 0.25) is 0 Å². The molecule has 2 nitrogen and oxygen atoms in total. The van der Waals surface area contributed by atoms with E-state index < -0.39 is 0 Å². The number of fused-ring (bicyclic) bond motifs is 6. The molecule has 9 aromatic rings. The van der Waals surface area contributed by atoms with Crippen LogP contribution >= 0.6 is 0 Å². The van der Waals surface area contributed by atoms with Crippen molar-refractivity contribution in [3.8, 4) is 22.3 Å². The molecule has 0 spiro atoms. The van der Waals surface area contributed by atoms with E-state index in [0.717, 1.165) is 44.4 Å². The molecule has 9 rings (SSSR count). The number of anilines is 3. The first-order valence-electron chi connectivity index (χ1n) is 15.7. The van der Waals surface area contributed by atoms with E-state index in [1.807, 2.05) is 6.07 Å². The SMILES string of the molecule is c1ccc(-c2cc(-c3ccccc3)cc(N(c3ccccc3)c3cc4ccccc4c4cc5c(cc34)oc3ccccc35)c2)cc1. The predicted molar refractivity (Wildman–Crippen MR) is 194 cm³/mol. The van der Waals surface area contributed by atoms with Crippen molar-refractivity contribution in [3.05, 3.63) is 176 Å². The second-order valence-electron chi connectivity index (χ2n) is 11.8. The van der Waals surface area contributed by atoms with Crippen molar-refractivity contribution in [2.24, 2.45) is 0 Å². The van der Waals surface area contributed by atoms with Crippen molar-refractivity contribution in [2.75, 3.05) is 4.90 Å². The zero-order chi connectivity index (χ0) is 30.5. The third-order valence-corrected chi connectivity index (χ3v) is 8.98. The Hall–Kier alpha value is -6.12. The predicted octanol–water partition coefficient (Wildman–Crippen LogP) is 12.7. The summed E-state index contributed by atoms with van der Waals surface area (Å²) < 4.78 is 6.45. The molecule has 46 heavy (non-hydrogen) atoms. The molecule has 0 saturated heterocycles. The van der Waals surface area contributed by atoms with Crippen molar-refractivity contribution >= 4 is 60.5 Å². The van der Waals surface area contributed by atoms with Gasteiger partial charge < -0.3 is 9.32 Å². The van der Waals surface area contributed by atoms with Gasteiger partial charge in [0.25, 0.3) is 0 Å². The van der Waals surface area contributed by atoms with Gasteiger partial charge in [0, 0.05) is 27.5 Å². The minimum atomic E-state index is 0.890. The summed E-state index contributed by atoms with van der Waals surface area (Å²) in [5.74, 6) is 0. The van der Waals surface area contributed by atoms with Crippen molar-refractivity contribution in [1.29, 1.82) is 0 Å². The van der Waals surface area contributed by atoms with Gasteiger partial charge in [0.1, 0.15) is 11.2 Å². The Kier molecular flexibility index (Phi) is 6.17. The molecule has 0 N–H and O–H groups in total. The molecule has 0 radical (unpaired) electrons. The molecule has 0 unspecified atom stereocenters. The van der Waals surface area contributed by atoms with Gasteiger partial charge >= 0.3 is 0 Å². The van der Waals surface area contributed by atoms with Crippen LogP contribution in [0, 0.1) is 0 Å². The third kappa shape index (κ3) is 4.43. The average molecular weight is 588 g/mol. The third-order valence-electron chi connectivity index (χ3n) is 8.98. The van der Waals surface area contributed by atoms with Crippen LogP contribution in [-0.4, -0.2) is 0 Å². The molecular formula is C44H29NO. The summed E-state index contributed by atoms with van der Waals surface area (Å²) in [4.78, 5) is 2.40. The van der Waals surface area contributed by atoms with Gasteiger partial charge in [-0.3, -0.25) is 0 Å². The molecule has 8 aromatic carbocycles. The van der Waals surface area contributed by atoms with Crippen LogP contribution in [0.15, 0.2) is 180 Å². The number of hydrogen-bond donors (Lipinski definition) is 0. The lowest BCUT2D eigenvalue weighted by Gasteiger charge is -2.28. The summed E-state index contributed by atoms with van der Waals surface area (Å²) in [6.07, 6.45) is 0. The molecule has 0 bridgehead atoms. The quantitative estimate of drug-likeness (QED) is 0.186. The maximum atomic E-state index is 6.45. The monoisotopic (exact) mass is 587 g/mol. The number of para-hydroxylation sites is 2. The Balaban J connectivity index is 1.39. The van der Waals surface area contributed by atoms with E-state index in [4.69, 9.17) is 4.42 Å². The maximum Gasteiger partial charge on any atom is 0.136 e. The number of nitrogens with zero attached hydrogens (tertiary/aromatic N) is 1. The van der Waals surface area contributed by atoms with E-state index in [0.29, 0.717) is 0 Å². The highest BCUT2D eigenvalue weighted by Crippen LogP contribution is 2.46. The lowest BCUT2D eigenvalue weighted by atomic mass is 9.95. The molecule has 0 aliphatic rings. The minimum absolute atomic E-state index is 0.890. The van der Waals surface area contributed by atoms with Crippen LogP contribution in [0.25, 0.3) is 65.7 Å². The highest BCUT2D eigenvalue weighted by molar-refractivity contribution is 6.20. The molecule has 0 saturated carbocycles. The minimum Gasteiger partial charge on any atom is -0.456 e. The van der Waals surface area contributed by atoms with Gasteiger partial charge in [-0.05, 0) is 93.0 Å². The topological polar surface area (TPSA) is 16.4 Å².